The van der Waals surface area contributed by atoms with Crippen LogP contribution in [-0.2, 0) is 17.8 Å². The highest BCUT2D eigenvalue weighted by molar-refractivity contribution is 6.36. The number of hydrogen-bond acceptors (Lipinski definition) is 6. The number of amides is 2. The van der Waals surface area contributed by atoms with Crippen LogP contribution in [0.4, 0.5) is 0 Å². The maximum absolute atomic E-state index is 13.9. The second kappa shape index (κ2) is 14.6. The van der Waals surface area contributed by atoms with Gasteiger partial charge in [-0.05, 0) is 87.3 Å². The molecule has 3 aromatic rings. The molecule has 2 heterocycles. The Morgan fingerprint density at radius 3 is 2.34 bits per heavy atom. The third-order valence-electron chi connectivity index (χ3n) is 7.27. The molecule has 0 bridgehead atoms. The van der Waals surface area contributed by atoms with Gasteiger partial charge in [0.05, 0.1) is 31.4 Å². The second-order valence-electron chi connectivity index (χ2n) is 10.2. The number of ether oxygens (including phenoxy) is 2. The fourth-order valence-electron chi connectivity index (χ4n) is 4.97. The van der Waals surface area contributed by atoms with E-state index in [1.807, 2.05) is 37.3 Å². The molecule has 1 fully saturated rings. The molecule has 1 saturated heterocycles. The smallest absolute Gasteiger partial charge is 0.255 e. The molecule has 0 spiro atoms. The molecular weight excluding hydrogens is 565 g/mol. The molecule has 220 valence electrons. The summed E-state index contributed by atoms with van der Waals surface area (Å²) >= 11 is 12.5. The molecule has 0 radical (unpaired) electrons. The zero-order chi connectivity index (χ0) is 29.4. The summed E-state index contributed by atoms with van der Waals surface area (Å²) in [7, 11) is 3.19. The number of rotatable bonds is 13. The summed E-state index contributed by atoms with van der Waals surface area (Å²) in [6.07, 6.45) is 2.86. The highest BCUT2D eigenvalue weighted by Crippen LogP contribution is 2.28. The summed E-state index contributed by atoms with van der Waals surface area (Å²) in [6.45, 7) is 5.57. The van der Waals surface area contributed by atoms with E-state index >= 15 is 0 Å². The van der Waals surface area contributed by atoms with E-state index < -0.39 is 0 Å². The fraction of sp³-hybridized carbons (Fsp3) is 0.419. The van der Waals surface area contributed by atoms with Crippen molar-refractivity contribution < 1.29 is 23.5 Å². The molecule has 1 aliphatic rings. The first-order valence-corrected chi connectivity index (χ1v) is 14.5. The molecule has 0 unspecified atom stereocenters. The van der Waals surface area contributed by atoms with E-state index in [0.29, 0.717) is 53.9 Å². The summed E-state index contributed by atoms with van der Waals surface area (Å²) in [6, 6.07) is 14.3. The molecular formula is C31H37Cl2N3O5. The third kappa shape index (κ3) is 8.41. The van der Waals surface area contributed by atoms with Crippen LogP contribution >= 0.6 is 23.2 Å². The lowest BCUT2D eigenvalue weighted by Gasteiger charge is -2.29. The van der Waals surface area contributed by atoms with Crippen LogP contribution in [0.2, 0.25) is 10.0 Å². The summed E-state index contributed by atoms with van der Waals surface area (Å²) in [5.41, 5.74) is 1.31. The molecule has 0 saturated carbocycles. The summed E-state index contributed by atoms with van der Waals surface area (Å²) in [4.78, 5) is 33.2. The molecule has 0 aliphatic carbocycles. The van der Waals surface area contributed by atoms with Crippen LogP contribution in [0.25, 0.3) is 0 Å². The molecule has 0 atom stereocenters. The van der Waals surface area contributed by atoms with Gasteiger partial charge in [-0.2, -0.15) is 0 Å². The average Bonchev–Trinajstić information content (AvgIpc) is 3.64. The molecule has 8 nitrogen and oxygen atoms in total. The standard InChI is InChI=1S/C31H37Cl2N3O5/c1-22-6-9-25(41-22)20-35(15-12-23-7-11-28(39-2)29(18-23)40-3)30(37)21-36(17-16-34-13-4-5-14-34)31(38)26-10-8-24(32)19-27(26)33/h6-11,18-19H,4-5,12-17,20-21H2,1-3H3. The summed E-state index contributed by atoms with van der Waals surface area (Å²) < 4.78 is 16.6. The zero-order valence-electron chi connectivity index (χ0n) is 23.8. The second-order valence-corrected chi connectivity index (χ2v) is 11.0. The van der Waals surface area contributed by atoms with Crippen LogP contribution in [0.5, 0.6) is 11.5 Å². The highest BCUT2D eigenvalue weighted by Gasteiger charge is 2.26. The maximum Gasteiger partial charge on any atom is 0.255 e. The molecule has 1 aliphatic heterocycles. The van der Waals surface area contributed by atoms with Crippen LogP contribution < -0.4 is 9.47 Å². The number of benzene rings is 2. The van der Waals surface area contributed by atoms with Gasteiger partial charge in [-0.15, -0.1) is 0 Å². The zero-order valence-corrected chi connectivity index (χ0v) is 25.3. The monoisotopic (exact) mass is 601 g/mol. The van der Waals surface area contributed by atoms with E-state index in [9.17, 15) is 9.59 Å². The van der Waals surface area contributed by atoms with Gasteiger partial charge in [0.25, 0.3) is 5.91 Å². The van der Waals surface area contributed by atoms with Crippen molar-refractivity contribution in [3.63, 3.8) is 0 Å². The largest absolute Gasteiger partial charge is 0.493 e. The quantitative estimate of drug-likeness (QED) is 0.249. The van der Waals surface area contributed by atoms with Crippen LogP contribution in [0, 0.1) is 6.92 Å². The van der Waals surface area contributed by atoms with E-state index in [2.05, 4.69) is 4.90 Å². The average molecular weight is 603 g/mol. The minimum absolute atomic E-state index is 0.0861. The van der Waals surface area contributed by atoms with Crippen molar-refractivity contribution in [1.29, 1.82) is 0 Å². The van der Waals surface area contributed by atoms with Gasteiger partial charge < -0.3 is 28.6 Å². The van der Waals surface area contributed by atoms with Gasteiger partial charge in [0, 0.05) is 24.7 Å². The van der Waals surface area contributed by atoms with Crippen LogP contribution in [0.1, 0.15) is 40.3 Å². The predicted octanol–water partition coefficient (Wildman–Crippen LogP) is 5.72. The maximum atomic E-state index is 13.9. The van der Waals surface area contributed by atoms with Gasteiger partial charge in [0.15, 0.2) is 11.5 Å². The highest BCUT2D eigenvalue weighted by atomic mass is 35.5. The van der Waals surface area contributed by atoms with Gasteiger partial charge >= 0.3 is 0 Å². The van der Waals surface area contributed by atoms with E-state index in [4.69, 9.17) is 37.1 Å². The van der Waals surface area contributed by atoms with E-state index in [1.165, 1.54) is 0 Å². The van der Waals surface area contributed by atoms with Crippen molar-refractivity contribution >= 4 is 35.0 Å². The number of aryl methyl sites for hydroxylation is 1. The number of halogens is 2. The van der Waals surface area contributed by atoms with Crippen molar-refractivity contribution in [1.82, 2.24) is 14.7 Å². The van der Waals surface area contributed by atoms with Crippen molar-refractivity contribution in [2.24, 2.45) is 0 Å². The molecule has 10 heteroatoms. The Morgan fingerprint density at radius 1 is 0.927 bits per heavy atom. The predicted molar refractivity (Wildman–Crippen MR) is 160 cm³/mol. The van der Waals surface area contributed by atoms with E-state index in [-0.39, 0.29) is 29.9 Å². The lowest BCUT2D eigenvalue weighted by Crippen LogP contribution is -2.45. The number of carbonyl (C=O) groups excluding carboxylic acids is 2. The van der Waals surface area contributed by atoms with Crippen LogP contribution in [0.15, 0.2) is 52.9 Å². The number of nitrogens with zero attached hydrogens (tertiary/aromatic N) is 3. The minimum Gasteiger partial charge on any atom is -0.493 e. The van der Waals surface area contributed by atoms with Gasteiger partial charge in [-0.1, -0.05) is 29.3 Å². The molecule has 41 heavy (non-hydrogen) atoms. The Bertz CT molecular complexity index is 1340. The lowest BCUT2D eigenvalue weighted by molar-refractivity contribution is -0.132. The van der Waals surface area contributed by atoms with Gasteiger partial charge in [0.1, 0.15) is 18.1 Å². The van der Waals surface area contributed by atoms with E-state index in [1.54, 1.807) is 42.2 Å². The molecule has 2 aromatic carbocycles. The molecule has 0 N–H and O–H groups in total. The molecule has 2 amide bonds. The topological polar surface area (TPSA) is 75.5 Å². The van der Waals surface area contributed by atoms with Crippen molar-refractivity contribution in [2.45, 2.75) is 32.7 Å². The molecule has 1 aromatic heterocycles. The number of carbonyl (C=O) groups is 2. The van der Waals surface area contributed by atoms with Crippen LogP contribution in [-0.4, -0.2) is 80.0 Å². The summed E-state index contributed by atoms with van der Waals surface area (Å²) in [5, 5.41) is 0.707. The first-order valence-electron chi connectivity index (χ1n) is 13.8. The fourth-order valence-corrected chi connectivity index (χ4v) is 5.46. The first kappa shape index (κ1) is 30.8. The van der Waals surface area contributed by atoms with Gasteiger partial charge in [-0.3, -0.25) is 9.59 Å². The number of likely N-dealkylation sites (tertiary alicyclic amines) is 1. The van der Waals surface area contributed by atoms with Gasteiger partial charge in [-0.25, -0.2) is 0 Å². The Balaban J connectivity index is 1.54. The van der Waals surface area contributed by atoms with Crippen molar-refractivity contribution in [3.05, 3.63) is 81.2 Å². The minimum atomic E-state index is -0.298. The Morgan fingerprint density at radius 2 is 1.68 bits per heavy atom. The number of methoxy groups -OCH3 is 2. The number of hydrogen-bond donors (Lipinski definition) is 0. The summed E-state index contributed by atoms with van der Waals surface area (Å²) in [5.74, 6) is 2.24. The number of furan rings is 1. The Hall–Kier alpha value is -3.20. The third-order valence-corrected chi connectivity index (χ3v) is 7.82. The molecule has 4 rings (SSSR count). The van der Waals surface area contributed by atoms with Gasteiger partial charge in [0.2, 0.25) is 5.91 Å². The van der Waals surface area contributed by atoms with Crippen molar-refractivity contribution in [3.8, 4) is 11.5 Å². The SMILES string of the molecule is COc1ccc(CCN(Cc2ccc(C)o2)C(=O)CN(CCN2CCCC2)C(=O)c2ccc(Cl)cc2Cl)cc1OC. The Kier molecular flexibility index (Phi) is 11.0. The van der Waals surface area contributed by atoms with Crippen LogP contribution in [0.3, 0.4) is 0 Å². The normalized spacial score (nSPS) is 13.3. The van der Waals surface area contributed by atoms with Crippen molar-refractivity contribution in [2.75, 3.05) is 53.5 Å². The van der Waals surface area contributed by atoms with E-state index in [0.717, 1.165) is 37.3 Å². The Labute approximate surface area is 251 Å². The lowest BCUT2D eigenvalue weighted by atomic mass is 10.1. The first-order chi connectivity index (χ1) is 19.8.